The standard InChI is InChI=1S/C14H11IO3/c1-9-2-3-10(14(16)17)8-13(9)18-12-6-4-11(15)5-7-12/h2-8H,1H3,(H,16,17). The summed E-state index contributed by atoms with van der Waals surface area (Å²) >= 11 is 2.21. The van der Waals surface area contributed by atoms with Crippen LogP contribution >= 0.6 is 22.6 Å². The van der Waals surface area contributed by atoms with Crippen molar-refractivity contribution in [3.05, 3.63) is 57.2 Å². The van der Waals surface area contributed by atoms with Crippen LogP contribution in [-0.4, -0.2) is 11.1 Å². The SMILES string of the molecule is Cc1ccc(C(=O)O)cc1Oc1ccc(I)cc1. The molecule has 0 amide bonds. The van der Waals surface area contributed by atoms with E-state index in [-0.39, 0.29) is 5.56 Å². The van der Waals surface area contributed by atoms with Gasteiger partial charge in [0.2, 0.25) is 0 Å². The average Bonchev–Trinajstić information content (AvgIpc) is 2.34. The highest BCUT2D eigenvalue weighted by Gasteiger charge is 2.07. The van der Waals surface area contributed by atoms with Crippen molar-refractivity contribution in [2.24, 2.45) is 0 Å². The first-order chi connectivity index (χ1) is 8.56. The van der Waals surface area contributed by atoms with Crippen molar-refractivity contribution in [2.45, 2.75) is 6.92 Å². The molecule has 18 heavy (non-hydrogen) atoms. The Labute approximate surface area is 119 Å². The fraction of sp³-hybridized carbons (Fsp3) is 0.0714. The van der Waals surface area contributed by atoms with Gasteiger partial charge in [-0.3, -0.25) is 0 Å². The zero-order chi connectivity index (χ0) is 13.1. The molecule has 0 bridgehead atoms. The number of carbonyl (C=O) groups is 1. The van der Waals surface area contributed by atoms with Gasteiger partial charge in [-0.15, -0.1) is 0 Å². The summed E-state index contributed by atoms with van der Waals surface area (Å²) in [5, 5.41) is 8.95. The summed E-state index contributed by atoms with van der Waals surface area (Å²) in [7, 11) is 0. The molecule has 1 N–H and O–H groups in total. The van der Waals surface area contributed by atoms with Crippen molar-refractivity contribution < 1.29 is 14.6 Å². The largest absolute Gasteiger partial charge is 0.478 e. The Hall–Kier alpha value is -1.56. The summed E-state index contributed by atoms with van der Waals surface area (Å²) in [6, 6.07) is 12.4. The number of aromatic carboxylic acids is 1. The van der Waals surface area contributed by atoms with E-state index in [0.717, 1.165) is 9.13 Å². The van der Waals surface area contributed by atoms with Crippen molar-refractivity contribution in [3.8, 4) is 11.5 Å². The molecule has 0 heterocycles. The maximum absolute atomic E-state index is 10.9. The lowest BCUT2D eigenvalue weighted by Gasteiger charge is -2.09. The van der Waals surface area contributed by atoms with Gasteiger partial charge in [-0.25, -0.2) is 4.79 Å². The fourth-order valence-corrected chi connectivity index (χ4v) is 1.83. The molecule has 0 aliphatic heterocycles. The molecule has 0 unspecified atom stereocenters. The van der Waals surface area contributed by atoms with Crippen LogP contribution in [0, 0.1) is 10.5 Å². The maximum atomic E-state index is 10.9. The number of benzene rings is 2. The van der Waals surface area contributed by atoms with Crippen LogP contribution in [-0.2, 0) is 0 Å². The summed E-state index contributed by atoms with van der Waals surface area (Å²) < 4.78 is 6.81. The summed E-state index contributed by atoms with van der Waals surface area (Å²) in [5.74, 6) is 0.305. The van der Waals surface area contributed by atoms with Gasteiger partial charge in [-0.2, -0.15) is 0 Å². The van der Waals surface area contributed by atoms with Crippen LogP contribution in [0.25, 0.3) is 0 Å². The Morgan fingerprint density at radius 3 is 2.44 bits per heavy atom. The molecular weight excluding hydrogens is 343 g/mol. The molecule has 0 saturated heterocycles. The van der Waals surface area contributed by atoms with Gasteiger partial charge in [0.1, 0.15) is 11.5 Å². The topological polar surface area (TPSA) is 46.5 Å². The first-order valence-electron chi connectivity index (χ1n) is 5.33. The summed E-state index contributed by atoms with van der Waals surface area (Å²) in [5.41, 5.74) is 1.12. The van der Waals surface area contributed by atoms with Crippen LogP contribution in [0.15, 0.2) is 42.5 Å². The smallest absolute Gasteiger partial charge is 0.335 e. The molecule has 0 atom stereocenters. The lowest BCUT2D eigenvalue weighted by atomic mass is 10.1. The minimum Gasteiger partial charge on any atom is -0.478 e. The predicted molar refractivity (Wildman–Crippen MR) is 77.4 cm³/mol. The highest BCUT2D eigenvalue weighted by molar-refractivity contribution is 14.1. The average molecular weight is 354 g/mol. The van der Waals surface area contributed by atoms with E-state index in [2.05, 4.69) is 22.6 Å². The van der Waals surface area contributed by atoms with Crippen LogP contribution in [0.5, 0.6) is 11.5 Å². The number of aryl methyl sites for hydroxylation is 1. The number of rotatable bonds is 3. The molecule has 0 spiro atoms. The van der Waals surface area contributed by atoms with E-state index < -0.39 is 5.97 Å². The maximum Gasteiger partial charge on any atom is 0.335 e. The Balaban J connectivity index is 2.30. The van der Waals surface area contributed by atoms with Gasteiger partial charge in [-0.05, 0) is 71.5 Å². The van der Waals surface area contributed by atoms with Crippen molar-refractivity contribution in [1.82, 2.24) is 0 Å². The Bertz CT molecular complexity index is 576. The third-order valence-electron chi connectivity index (χ3n) is 2.48. The first kappa shape index (κ1) is 12.9. The monoisotopic (exact) mass is 354 g/mol. The number of hydrogen-bond donors (Lipinski definition) is 1. The Morgan fingerprint density at radius 2 is 1.83 bits per heavy atom. The molecular formula is C14H11IO3. The third kappa shape index (κ3) is 3.01. The molecule has 0 fully saturated rings. The second-order valence-electron chi connectivity index (χ2n) is 3.84. The molecule has 2 aromatic carbocycles. The number of carboxylic acid groups (broad SMARTS) is 1. The Morgan fingerprint density at radius 1 is 1.17 bits per heavy atom. The second-order valence-corrected chi connectivity index (χ2v) is 5.09. The summed E-state index contributed by atoms with van der Waals surface area (Å²) in [6.07, 6.45) is 0. The lowest BCUT2D eigenvalue weighted by Crippen LogP contribution is -1.97. The van der Waals surface area contributed by atoms with Crippen LogP contribution in [0.4, 0.5) is 0 Å². The van der Waals surface area contributed by atoms with E-state index in [9.17, 15) is 4.79 Å². The highest BCUT2D eigenvalue weighted by Crippen LogP contribution is 2.26. The van der Waals surface area contributed by atoms with Crippen molar-refractivity contribution in [3.63, 3.8) is 0 Å². The number of hydrogen-bond acceptors (Lipinski definition) is 2. The van der Waals surface area contributed by atoms with Gasteiger partial charge >= 0.3 is 5.97 Å². The predicted octanol–water partition coefficient (Wildman–Crippen LogP) is 4.09. The van der Waals surface area contributed by atoms with Gasteiger partial charge < -0.3 is 9.84 Å². The third-order valence-corrected chi connectivity index (χ3v) is 3.20. The minimum atomic E-state index is -0.956. The molecule has 3 nitrogen and oxygen atoms in total. The normalized spacial score (nSPS) is 10.1. The number of halogens is 1. The van der Waals surface area contributed by atoms with E-state index in [0.29, 0.717) is 11.5 Å². The van der Waals surface area contributed by atoms with Gasteiger partial charge in [0.25, 0.3) is 0 Å². The van der Waals surface area contributed by atoms with Crippen LogP contribution < -0.4 is 4.74 Å². The Kier molecular flexibility index (Phi) is 3.86. The van der Waals surface area contributed by atoms with Crippen molar-refractivity contribution in [1.29, 1.82) is 0 Å². The molecule has 0 radical (unpaired) electrons. The molecule has 92 valence electrons. The highest BCUT2D eigenvalue weighted by atomic mass is 127. The van der Waals surface area contributed by atoms with E-state index in [1.165, 1.54) is 6.07 Å². The summed E-state index contributed by atoms with van der Waals surface area (Å²) in [6.45, 7) is 1.88. The van der Waals surface area contributed by atoms with Crippen LogP contribution in [0.3, 0.4) is 0 Å². The second kappa shape index (κ2) is 5.39. The van der Waals surface area contributed by atoms with Gasteiger partial charge in [-0.1, -0.05) is 6.07 Å². The zero-order valence-corrected chi connectivity index (χ0v) is 11.8. The van der Waals surface area contributed by atoms with Crippen LogP contribution in [0.2, 0.25) is 0 Å². The zero-order valence-electron chi connectivity index (χ0n) is 9.68. The van der Waals surface area contributed by atoms with E-state index in [1.807, 2.05) is 31.2 Å². The number of ether oxygens (including phenoxy) is 1. The summed E-state index contributed by atoms with van der Waals surface area (Å²) in [4.78, 5) is 10.9. The molecule has 4 heteroatoms. The lowest BCUT2D eigenvalue weighted by molar-refractivity contribution is 0.0696. The van der Waals surface area contributed by atoms with Crippen LogP contribution in [0.1, 0.15) is 15.9 Å². The van der Waals surface area contributed by atoms with Crippen molar-refractivity contribution >= 4 is 28.6 Å². The molecule has 0 aliphatic rings. The van der Waals surface area contributed by atoms with Gasteiger partial charge in [0.15, 0.2) is 0 Å². The fourth-order valence-electron chi connectivity index (χ4n) is 1.47. The molecule has 0 aliphatic carbocycles. The van der Waals surface area contributed by atoms with E-state index >= 15 is 0 Å². The quantitative estimate of drug-likeness (QED) is 0.845. The minimum absolute atomic E-state index is 0.223. The van der Waals surface area contributed by atoms with E-state index in [4.69, 9.17) is 9.84 Å². The van der Waals surface area contributed by atoms with Gasteiger partial charge in [0, 0.05) is 3.57 Å². The first-order valence-corrected chi connectivity index (χ1v) is 6.41. The molecule has 2 rings (SSSR count). The molecule has 0 aromatic heterocycles. The van der Waals surface area contributed by atoms with Crippen molar-refractivity contribution in [2.75, 3.05) is 0 Å². The molecule has 2 aromatic rings. The van der Waals surface area contributed by atoms with E-state index in [1.54, 1.807) is 12.1 Å². The van der Waals surface area contributed by atoms with Gasteiger partial charge in [0.05, 0.1) is 5.56 Å². The number of carboxylic acids is 1. The molecule has 0 saturated carbocycles.